The zero-order chi connectivity index (χ0) is 15.6. The maximum atomic E-state index is 12.8. The summed E-state index contributed by atoms with van der Waals surface area (Å²) in [6.45, 7) is 0. The van der Waals surface area contributed by atoms with Gasteiger partial charge < -0.3 is 4.74 Å². The Hall–Kier alpha value is -0.880. The lowest BCUT2D eigenvalue weighted by Gasteiger charge is -2.28. The summed E-state index contributed by atoms with van der Waals surface area (Å²) in [6, 6.07) is 7.10. The Labute approximate surface area is 145 Å². The molecule has 1 saturated heterocycles. The summed E-state index contributed by atoms with van der Waals surface area (Å²) in [4.78, 5) is 27.6. The van der Waals surface area contributed by atoms with Crippen LogP contribution >= 0.6 is 31.9 Å². The molecule has 1 aromatic rings. The zero-order valence-corrected chi connectivity index (χ0v) is 15.1. The van der Waals surface area contributed by atoms with Gasteiger partial charge in [-0.05, 0) is 42.5 Å². The number of amides is 2. The number of imide groups is 1. The van der Waals surface area contributed by atoms with Crippen molar-refractivity contribution in [3.63, 3.8) is 0 Å². The van der Waals surface area contributed by atoms with Gasteiger partial charge in [-0.25, -0.2) is 0 Å². The highest BCUT2D eigenvalue weighted by molar-refractivity contribution is 9.12. The van der Waals surface area contributed by atoms with Gasteiger partial charge in [0, 0.05) is 9.65 Å². The van der Waals surface area contributed by atoms with Gasteiger partial charge in [0.25, 0.3) is 0 Å². The molecule has 116 valence electrons. The highest BCUT2D eigenvalue weighted by Crippen LogP contribution is 2.60. The fourth-order valence-corrected chi connectivity index (χ4v) is 6.21. The van der Waals surface area contributed by atoms with Gasteiger partial charge in [-0.2, -0.15) is 0 Å². The number of carbonyl (C=O) groups is 2. The predicted molar refractivity (Wildman–Crippen MR) is 89.5 cm³/mol. The smallest absolute Gasteiger partial charge is 0.238 e. The number of hydrogen-bond acceptors (Lipinski definition) is 3. The number of alkyl halides is 2. The van der Waals surface area contributed by atoms with E-state index in [4.69, 9.17) is 4.74 Å². The van der Waals surface area contributed by atoms with E-state index in [2.05, 4.69) is 31.9 Å². The molecule has 6 heteroatoms. The third kappa shape index (κ3) is 1.80. The molecule has 22 heavy (non-hydrogen) atoms. The molecule has 3 aliphatic rings. The van der Waals surface area contributed by atoms with Gasteiger partial charge in [0.05, 0.1) is 24.6 Å². The van der Waals surface area contributed by atoms with E-state index >= 15 is 0 Å². The first kappa shape index (κ1) is 14.7. The second kappa shape index (κ2) is 5.06. The molecule has 1 heterocycles. The fraction of sp³-hybridized carbons (Fsp3) is 0.500. The van der Waals surface area contributed by atoms with Crippen molar-refractivity contribution in [2.24, 2.45) is 23.7 Å². The van der Waals surface area contributed by atoms with Gasteiger partial charge in [0.1, 0.15) is 5.75 Å². The fourth-order valence-electron chi connectivity index (χ4n) is 4.33. The van der Waals surface area contributed by atoms with E-state index in [0.717, 1.165) is 6.42 Å². The normalized spacial score (nSPS) is 39.5. The van der Waals surface area contributed by atoms with E-state index in [0.29, 0.717) is 11.4 Å². The van der Waals surface area contributed by atoms with E-state index in [1.807, 2.05) is 0 Å². The maximum Gasteiger partial charge on any atom is 0.238 e. The van der Waals surface area contributed by atoms with Crippen LogP contribution in [0.25, 0.3) is 0 Å². The molecule has 3 fully saturated rings. The van der Waals surface area contributed by atoms with Crippen LogP contribution in [0.1, 0.15) is 6.42 Å². The molecule has 0 radical (unpaired) electrons. The first-order valence-electron chi connectivity index (χ1n) is 7.34. The third-order valence-corrected chi connectivity index (χ3v) is 8.52. The van der Waals surface area contributed by atoms with Crippen molar-refractivity contribution in [3.05, 3.63) is 24.3 Å². The molecule has 2 amide bonds. The van der Waals surface area contributed by atoms with E-state index < -0.39 is 0 Å². The lowest BCUT2D eigenvalue weighted by atomic mass is 9.81. The Kier molecular flexibility index (Phi) is 3.38. The Balaban J connectivity index is 1.69. The van der Waals surface area contributed by atoms with Crippen LogP contribution in [0.3, 0.4) is 0 Å². The number of nitrogens with zero attached hydrogens (tertiary/aromatic N) is 1. The topological polar surface area (TPSA) is 46.6 Å². The molecular weight excluding hydrogens is 414 g/mol. The predicted octanol–water partition coefficient (Wildman–Crippen LogP) is 2.98. The molecule has 6 atom stereocenters. The molecule has 2 saturated carbocycles. The van der Waals surface area contributed by atoms with Gasteiger partial charge in [0.15, 0.2) is 0 Å². The van der Waals surface area contributed by atoms with Crippen molar-refractivity contribution < 1.29 is 14.3 Å². The van der Waals surface area contributed by atoms with Crippen LogP contribution in [0.2, 0.25) is 0 Å². The molecule has 0 spiro atoms. The minimum absolute atomic E-state index is 0.0449. The van der Waals surface area contributed by atoms with Crippen LogP contribution in [-0.2, 0) is 9.59 Å². The molecule has 6 unspecified atom stereocenters. The minimum Gasteiger partial charge on any atom is -0.497 e. The molecule has 2 aliphatic carbocycles. The first-order chi connectivity index (χ1) is 10.5. The highest BCUT2D eigenvalue weighted by atomic mass is 79.9. The summed E-state index contributed by atoms with van der Waals surface area (Å²) < 4.78 is 5.13. The largest absolute Gasteiger partial charge is 0.497 e. The summed E-state index contributed by atoms with van der Waals surface area (Å²) in [6.07, 6.45) is 0.953. The average Bonchev–Trinajstić information content (AvgIpc) is 3.13. The summed E-state index contributed by atoms with van der Waals surface area (Å²) >= 11 is 7.39. The molecule has 4 rings (SSSR count). The Bertz CT molecular complexity index is 615. The standard InChI is InChI=1S/C16H15Br2NO3/c1-22-8-4-2-7(3-5-8)19-15(20)11-9-6-10(12(11)16(19)21)14(18)13(9)17/h2-5,9-14H,6H2,1H3. The number of anilines is 1. The summed E-state index contributed by atoms with van der Waals surface area (Å²) in [7, 11) is 1.59. The van der Waals surface area contributed by atoms with E-state index in [9.17, 15) is 9.59 Å². The minimum atomic E-state index is -0.169. The van der Waals surface area contributed by atoms with Gasteiger partial charge >= 0.3 is 0 Å². The van der Waals surface area contributed by atoms with Crippen molar-refractivity contribution in [2.45, 2.75) is 16.1 Å². The van der Waals surface area contributed by atoms with Crippen molar-refractivity contribution in [3.8, 4) is 5.75 Å². The second-order valence-electron chi connectivity index (χ2n) is 6.21. The quantitative estimate of drug-likeness (QED) is 0.537. The molecule has 0 N–H and O–H groups in total. The van der Waals surface area contributed by atoms with Crippen LogP contribution in [0, 0.1) is 23.7 Å². The van der Waals surface area contributed by atoms with Gasteiger partial charge in [0.2, 0.25) is 11.8 Å². The second-order valence-corrected chi connectivity index (χ2v) is 8.33. The lowest BCUT2D eigenvalue weighted by Crippen LogP contribution is -2.37. The Morgan fingerprint density at radius 3 is 1.95 bits per heavy atom. The number of rotatable bonds is 2. The van der Waals surface area contributed by atoms with Crippen molar-refractivity contribution >= 4 is 49.4 Å². The number of carbonyl (C=O) groups excluding carboxylic acids is 2. The zero-order valence-electron chi connectivity index (χ0n) is 11.9. The number of methoxy groups -OCH3 is 1. The average molecular weight is 429 g/mol. The number of ether oxygens (including phenoxy) is 1. The third-order valence-electron chi connectivity index (χ3n) is 5.32. The van der Waals surface area contributed by atoms with Crippen molar-refractivity contribution in [1.82, 2.24) is 0 Å². The number of benzene rings is 1. The molecule has 2 bridgehead atoms. The summed E-state index contributed by atoms with van der Waals surface area (Å²) in [5.74, 6) is 0.783. The lowest BCUT2D eigenvalue weighted by molar-refractivity contribution is -0.123. The van der Waals surface area contributed by atoms with Crippen LogP contribution in [0.15, 0.2) is 24.3 Å². The Morgan fingerprint density at radius 1 is 1.00 bits per heavy atom. The highest BCUT2D eigenvalue weighted by Gasteiger charge is 2.66. The summed E-state index contributed by atoms with van der Waals surface area (Å²) in [5.41, 5.74) is 0.641. The number of halogens is 2. The Morgan fingerprint density at radius 2 is 1.50 bits per heavy atom. The van der Waals surface area contributed by atoms with Gasteiger partial charge in [-0.1, -0.05) is 31.9 Å². The molecule has 4 nitrogen and oxygen atoms in total. The molecule has 0 aromatic heterocycles. The number of fused-ring (bicyclic) bond motifs is 5. The summed E-state index contributed by atoms with van der Waals surface area (Å²) in [5, 5.41) is 0. The molecular formula is C16H15Br2NO3. The number of hydrogen-bond donors (Lipinski definition) is 0. The van der Waals surface area contributed by atoms with Crippen molar-refractivity contribution in [2.75, 3.05) is 12.0 Å². The molecule has 1 aromatic carbocycles. The SMILES string of the molecule is COc1ccc(N2C(=O)C3C4CC(C(Br)C4Br)C3C2=O)cc1. The van der Waals surface area contributed by atoms with E-state index in [1.54, 1.807) is 31.4 Å². The van der Waals surface area contributed by atoms with Crippen LogP contribution in [-0.4, -0.2) is 28.6 Å². The molecule has 1 aliphatic heterocycles. The van der Waals surface area contributed by atoms with E-state index in [1.165, 1.54) is 4.90 Å². The van der Waals surface area contributed by atoms with Gasteiger partial charge in [-0.15, -0.1) is 0 Å². The van der Waals surface area contributed by atoms with E-state index in [-0.39, 0.29) is 45.1 Å². The van der Waals surface area contributed by atoms with Gasteiger partial charge in [-0.3, -0.25) is 14.5 Å². The van der Waals surface area contributed by atoms with Crippen LogP contribution in [0.4, 0.5) is 5.69 Å². The first-order valence-corrected chi connectivity index (χ1v) is 9.17. The maximum absolute atomic E-state index is 12.8. The van der Waals surface area contributed by atoms with Crippen LogP contribution < -0.4 is 9.64 Å². The van der Waals surface area contributed by atoms with Crippen molar-refractivity contribution in [1.29, 1.82) is 0 Å². The monoisotopic (exact) mass is 427 g/mol. The van der Waals surface area contributed by atoms with Crippen LogP contribution in [0.5, 0.6) is 5.75 Å².